The van der Waals surface area contributed by atoms with Crippen LogP contribution in [0.5, 0.6) is 0 Å². The highest BCUT2D eigenvalue weighted by Crippen LogP contribution is 2.07. The number of hydrogen-bond donors (Lipinski definition) is 1. The fraction of sp³-hybridized carbons (Fsp3) is 0.333. The Balaban J connectivity index is 3.01. The lowest BCUT2D eigenvalue weighted by Crippen LogP contribution is -1.97. The summed E-state index contributed by atoms with van der Waals surface area (Å²) in [5.74, 6) is 0.417. The number of aromatic nitrogens is 2. The van der Waals surface area contributed by atoms with Crippen molar-refractivity contribution in [3.8, 4) is 0 Å². The highest BCUT2D eigenvalue weighted by atomic mass is 16.3. The first-order valence-electron chi connectivity index (χ1n) is 3.12. The van der Waals surface area contributed by atoms with Crippen LogP contribution in [-0.2, 0) is 0 Å². The second-order valence-corrected chi connectivity index (χ2v) is 2.15. The lowest BCUT2D eigenvalue weighted by atomic mass is 10.4. The molecule has 0 bridgehead atoms. The monoisotopic (exact) mass is 152 g/mol. The summed E-state index contributed by atoms with van der Waals surface area (Å²) >= 11 is 0. The van der Waals surface area contributed by atoms with Crippen LogP contribution in [0.15, 0.2) is 11.5 Å². The number of rotatable bonds is 2. The van der Waals surface area contributed by atoms with Crippen LogP contribution in [0.2, 0.25) is 0 Å². The summed E-state index contributed by atoms with van der Waals surface area (Å²) in [6, 6.07) is 0. The van der Waals surface area contributed by atoms with Crippen molar-refractivity contribution in [2.24, 2.45) is 5.29 Å². The van der Waals surface area contributed by atoms with Crippen LogP contribution in [0.4, 0.5) is 5.82 Å². The number of nitroso groups, excluding NO2 is 1. The molecule has 5 heteroatoms. The van der Waals surface area contributed by atoms with Crippen LogP contribution < -0.4 is 5.43 Å². The number of aryl methyl sites for hydroxylation is 2. The van der Waals surface area contributed by atoms with Gasteiger partial charge in [-0.05, 0) is 13.8 Å². The molecule has 0 saturated carbocycles. The molecule has 1 N–H and O–H groups in total. The molecule has 0 atom stereocenters. The van der Waals surface area contributed by atoms with Crippen molar-refractivity contribution in [3.63, 3.8) is 0 Å². The lowest BCUT2D eigenvalue weighted by Gasteiger charge is -2.00. The molecule has 0 aliphatic rings. The molecule has 0 aliphatic heterocycles. The summed E-state index contributed by atoms with van der Waals surface area (Å²) in [5.41, 5.74) is 3.63. The molecular weight excluding hydrogens is 144 g/mol. The van der Waals surface area contributed by atoms with Crippen molar-refractivity contribution in [3.05, 3.63) is 22.5 Å². The maximum absolute atomic E-state index is 9.81. The molecule has 5 nitrogen and oxygen atoms in total. The van der Waals surface area contributed by atoms with Gasteiger partial charge < -0.3 is 0 Å². The zero-order chi connectivity index (χ0) is 8.27. The molecule has 1 rings (SSSR count). The Bertz CT molecular complexity index is 273. The lowest BCUT2D eigenvalue weighted by molar-refractivity contribution is 1.04. The van der Waals surface area contributed by atoms with Crippen molar-refractivity contribution in [2.75, 3.05) is 5.43 Å². The SMILES string of the molecule is Cc1cnc(C)c(NN=O)n1. The van der Waals surface area contributed by atoms with Crippen LogP contribution in [0.25, 0.3) is 0 Å². The van der Waals surface area contributed by atoms with E-state index in [2.05, 4.69) is 20.7 Å². The molecule has 0 saturated heterocycles. The molecule has 0 amide bonds. The Labute approximate surface area is 63.8 Å². The standard InChI is InChI=1S/C6H8N4O/c1-4-3-7-5(2)6(8-4)9-10-11/h3H,1-2H3,(H,8,9,11). The summed E-state index contributed by atoms with van der Waals surface area (Å²) in [7, 11) is 0. The average molecular weight is 152 g/mol. The summed E-state index contributed by atoms with van der Waals surface area (Å²) < 4.78 is 0. The van der Waals surface area contributed by atoms with E-state index in [1.807, 2.05) is 0 Å². The Morgan fingerprint density at radius 2 is 2.27 bits per heavy atom. The van der Waals surface area contributed by atoms with Crippen LogP contribution in [-0.4, -0.2) is 9.97 Å². The van der Waals surface area contributed by atoms with E-state index in [1.165, 1.54) is 0 Å². The van der Waals surface area contributed by atoms with E-state index in [-0.39, 0.29) is 0 Å². The third kappa shape index (κ3) is 1.70. The first kappa shape index (κ1) is 7.59. The summed E-state index contributed by atoms with van der Waals surface area (Å²) in [6.45, 7) is 3.54. The van der Waals surface area contributed by atoms with Gasteiger partial charge in [0.2, 0.25) is 0 Å². The van der Waals surface area contributed by atoms with E-state index in [0.717, 1.165) is 5.69 Å². The van der Waals surface area contributed by atoms with E-state index in [0.29, 0.717) is 11.5 Å². The molecule has 1 aromatic heterocycles. The van der Waals surface area contributed by atoms with Gasteiger partial charge in [-0.25, -0.2) is 10.4 Å². The van der Waals surface area contributed by atoms with Gasteiger partial charge in [-0.1, -0.05) is 0 Å². The van der Waals surface area contributed by atoms with Crippen molar-refractivity contribution >= 4 is 5.82 Å². The zero-order valence-corrected chi connectivity index (χ0v) is 6.33. The molecule has 58 valence electrons. The Kier molecular flexibility index (Phi) is 2.10. The first-order valence-corrected chi connectivity index (χ1v) is 3.12. The summed E-state index contributed by atoms with van der Waals surface area (Å²) in [5, 5.41) is 2.51. The second kappa shape index (κ2) is 3.05. The van der Waals surface area contributed by atoms with Gasteiger partial charge >= 0.3 is 0 Å². The van der Waals surface area contributed by atoms with E-state index in [1.54, 1.807) is 20.0 Å². The highest BCUT2D eigenvalue weighted by molar-refractivity contribution is 5.38. The predicted octanol–water partition coefficient (Wildman–Crippen LogP) is 1.19. The Hall–Kier alpha value is -1.52. The van der Waals surface area contributed by atoms with Crippen LogP contribution in [0.1, 0.15) is 11.4 Å². The fourth-order valence-electron chi connectivity index (χ4n) is 0.687. The molecule has 11 heavy (non-hydrogen) atoms. The number of hydrogen-bond acceptors (Lipinski definition) is 4. The molecule has 0 aromatic carbocycles. The van der Waals surface area contributed by atoms with Crippen molar-refractivity contribution in [2.45, 2.75) is 13.8 Å². The summed E-state index contributed by atoms with van der Waals surface area (Å²) in [4.78, 5) is 17.8. The normalized spacial score (nSPS) is 9.27. The predicted molar refractivity (Wildman–Crippen MR) is 40.9 cm³/mol. The second-order valence-electron chi connectivity index (χ2n) is 2.15. The quantitative estimate of drug-likeness (QED) is 0.510. The first-order chi connectivity index (χ1) is 5.24. The topological polar surface area (TPSA) is 67.2 Å². The van der Waals surface area contributed by atoms with Gasteiger partial charge in [-0.3, -0.25) is 4.98 Å². The van der Waals surface area contributed by atoms with E-state index in [9.17, 15) is 4.91 Å². The van der Waals surface area contributed by atoms with Gasteiger partial charge in [0.05, 0.1) is 16.7 Å². The molecule has 0 radical (unpaired) electrons. The number of nitrogens with one attached hydrogen (secondary N) is 1. The third-order valence-electron chi connectivity index (χ3n) is 1.23. The minimum absolute atomic E-state index is 0.417. The van der Waals surface area contributed by atoms with Gasteiger partial charge in [0.1, 0.15) is 0 Å². The molecule has 0 unspecified atom stereocenters. The smallest absolute Gasteiger partial charge is 0.170 e. The van der Waals surface area contributed by atoms with Crippen LogP contribution in [0.3, 0.4) is 0 Å². The van der Waals surface area contributed by atoms with E-state index < -0.39 is 0 Å². The fourth-order valence-corrected chi connectivity index (χ4v) is 0.687. The molecule has 0 fully saturated rings. The maximum Gasteiger partial charge on any atom is 0.170 e. The van der Waals surface area contributed by atoms with Gasteiger partial charge in [0.25, 0.3) is 0 Å². The minimum atomic E-state index is 0.417. The van der Waals surface area contributed by atoms with E-state index >= 15 is 0 Å². The average Bonchev–Trinajstić information content (AvgIpc) is 1.98. The van der Waals surface area contributed by atoms with Gasteiger partial charge in [0, 0.05) is 6.20 Å². The van der Waals surface area contributed by atoms with Crippen LogP contribution in [0, 0.1) is 18.8 Å². The molecule has 1 aromatic rings. The Morgan fingerprint density at radius 3 is 2.91 bits per heavy atom. The number of nitrogens with zero attached hydrogens (tertiary/aromatic N) is 3. The van der Waals surface area contributed by atoms with Crippen molar-refractivity contribution in [1.29, 1.82) is 0 Å². The van der Waals surface area contributed by atoms with Gasteiger partial charge in [-0.2, -0.15) is 0 Å². The molecule has 0 aliphatic carbocycles. The van der Waals surface area contributed by atoms with Crippen molar-refractivity contribution in [1.82, 2.24) is 9.97 Å². The van der Waals surface area contributed by atoms with E-state index in [4.69, 9.17) is 0 Å². The highest BCUT2D eigenvalue weighted by Gasteiger charge is 1.99. The molecular formula is C6H8N4O. The Morgan fingerprint density at radius 1 is 1.55 bits per heavy atom. The molecule has 1 heterocycles. The zero-order valence-electron chi connectivity index (χ0n) is 6.33. The third-order valence-corrected chi connectivity index (χ3v) is 1.23. The minimum Gasteiger partial charge on any atom is -0.256 e. The van der Waals surface area contributed by atoms with Crippen LogP contribution >= 0.6 is 0 Å². The largest absolute Gasteiger partial charge is 0.256 e. The van der Waals surface area contributed by atoms with Gasteiger partial charge in [0.15, 0.2) is 5.82 Å². The summed E-state index contributed by atoms with van der Waals surface area (Å²) in [6.07, 6.45) is 1.63. The van der Waals surface area contributed by atoms with Gasteiger partial charge in [-0.15, -0.1) is 4.91 Å². The maximum atomic E-state index is 9.81. The molecule has 0 spiro atoms. The number of anilines is 1. The van der Waals surface area contributed by atoms with Crippen molar-refractivity contribution < 1.29 is 0 Å².